The molecule has 4 heterocycles. The van der Waals surface area contributed by atoms with Crippen LogP contribution in [0.25, 0.3) is 0 Å². The van der Waals surface area contributed by atoms with Gasteiger partial charge in [0, 0.05) is 38.4 Å². The summed E-state index contributed by atoms with van der Waals surface area (Å²) in [6.07, 6.45) is 11.8. The maximum atomic E-state index is 13.1. The summed E-state index contributed by atoms with van der Waals surface area (Å²) in [7, 11) is 1.93. The Morgan fingerprint density at radius 3 is 2.75 bits per heavy atom. The van der Waals surface area contributed by atoms with Crippen molar-refractivity contribution in [2.45, 2.75) is 25.8 Å². The first kappa shape index (κ1) is 15.3. The van der Waals surface area contributed by atoms with Crippen molar-refractivity contribution in [1.82, 2.24) is 24.6 Å². The van der Waals surface area contributed by atoms with E-state index in [1.165, 1.54) is 11.9 Å². The third-order valence-corrected chi connectivity index (χ3v) is 5.19. The summed E-state index contributed by atoms with van der Waals surface area (Å²) in [5.74, 6) is 0.230. The number of likely N-dealkylation sites (tertiary alicyclic amines) is 1. The number of hydrogen-bond acceptors (Lipinski definition) is 5. The molecule has 2 aromatic heterocycles. The Kier molecular flexibility index (Phi) is 3.80. The quantitative estimate of drug-likeness (QED) is 0.849. The summed E-state index contributed by atoms with van der Waals surface area (Å²) < 4.78 is 1.83. The van der Waals surface area contributed by atoms with Gasteiger partial charge in [0.05, 0.1) is 29.7 Å². The van der Waals surface area contributed by atoms with Crippen molar-refractivity contribution in [2.75, 3.05) is 24.5 Å². The second kappa shape index (κ2) is 5.98. The van der Waals surface area contributed by atoms with E-state index in [1.54, 1.807) is 12.4 Å². The second-order valence-electron chi connectivity index (χ2n) is 6.92. The van der Waals surface area contributed by atoms with Gasteiger partial charge < -0.3 is 4.90 Å². The first-order valence-corrected chi connectivity index (χ1v) is 8.43. The van der Waals surface area contributed by atoms with Gasteiger partial charge >= 0.3 is 0 Å². The fraction of sp³-hybridized carbons (Fsp3) is 0.529. The van der Waals surface area contributed by atoms with Crippen LogP contribution in [0.5, 0.6) is 0 Å². The van der Waals surface area contributed by atoms with Gasteiger partial charge in [-0.3, -0.25) is 14.4 Å². The van der Waals surface area contributed by atoms with Crippen LogP contribution in [0.4, 0.5) is 5.69 Å². The molecule has 0 radical (unpaired) electrons. The molecule has 1 amide bonds. The highest BCUT2D eigenvalue weighted by Gasteiger charge is 2.49. The molecule has 7 heteroatoms. The van der Waals surface area contributed by atoms with E-state index in [0.717, 1.165) is 51.1 Å². The van der Waals surface area contributed by atoms with Crippen molar-refractivity contribution in [2.24, 2.45) is 12.5 Å². The van der Waals surface area contributed by atoms with E-state index < -0.39 is 0 Å². The smallest absolute Gasteiger partial charge is 0.234 e. The fourth-order valence-corrected chi connectivity index (χ4v) is 4.05. The first-order valence-electron chi connectivity index (χ1n) is 8.43. The largest absolute Gasteiger partial charge is 0.309 e. The zero-order chi connectivity index (χ0) is 16.6. The average Bonchev–Trinajstić information content (AvgIpc) is 3.13. The Labute approximate surface area is 141 Å². The zero-order valence-corrected chi connectivity index (χ0v) is 13.9. The number of hydrogen-bond donors (Lipinski definition) is 0. The highest BCUT2D eigenvalue weighted by Crippen LogP contribution is 2.41. The van der Waals surface area contributed by atoms with Gasteiger partial charge in [-0.05, 0) is 25.8 Å². The van der Waals surface area contributed by atoms with E-state index in [2.05, 4.69) is 20.0 Å². The number of piperidine rings is 1. The average molecular weight is 326 g/mol. The van der Waals surface area contributed by atoms with Crippen LogP contribution >= 0.6 is 0 Å². The minimum Gasteiger partial charge on any atom is -0.309 e. The highest BCUT2D eigenvalue weighted by atomic mass is 16.2. The molecule has 0 aliphatic carbocycles. The third kappa shape index (κ3) is 2.69. The van der Waals surface area contributed by atoms with Gasteiger partial charge in [-0.25, -0.2) is 9.97 Å². The number of aromatic nitrogens is 4. The van der Waals surface area contributed by atoms with Gasteiger partial charge in [0.15, 0.2) is 0 Å². The lowest BCUT2D eigenvalue weighted by atomic mass is 9.78. The Morgan fingerprint density at radius 1 is 1.17 bits per heavy atom. The summed E-state index contributed by atoms with van der Waals surface area (Å²) in [6, 6.07) is 0. The highest BCUT2D eigenvalue weighted by molar-refractivity contribution is 5.99. The number of rotatable bonds is 3. The van der Waals surface area contributed by atoms with E-state index in [4.69, 9.17) is 0 Å². The van der Waals surface area contributed by atoms with Crippen LogP contribution < -0.4 is 4.90 Å². The van der Waals surface area contributed by atoms with E-state index >= 15 is 0 Å². The Balaban J connectivity index is 1.49. The number of carbonyl (C=O) groups is 1. The first-order chi connectivity index (χ1) is 11.7. The molecule has 2 aliphatic heterocycles. The van der Waals surface area contributed by atoms with Crippen molar-refractivity contribution >= 4 is 11.6 Å². The number of amides is 1. The topological polar surface area (TPSA) is 67.2 Å². The number of anilines is 1. The monoisotopic (exact) mass is 326 g/mol. The van der Waals surface area contributed by atoms with Crippen LogP contribution in [0.2, 0.25) is 0 Å². The normalized spacial score (nSPS) is 24.9. The van der Waals surface area contributed by atoms with Gasteiger partial charge in [0.25, 0.3) is 0 Å². The third-order valence-electron chi connectivity index (χ3n) is 5.19. The molecule has 0 saturated carbocycles. The number of nitrogens with zero attached hydrogens (tertiary/aromatic N) is 6. The molecule has 0 bridgehead atoms. The Hall–Kier alpha value is -2.28. The van der Waals surface area contributed by atoms with Crippen LogP contribution in [0, 0.1) is 5.41 Å². The van der Waals surface area contributed by atoms with Gasteiger partial charge in [-0.2, -0.15) is 5.10 Å². The van der Waals surface area contributed by atoms with Gasteiger partial charge in [-0.15, -0.1) is 0 Å². The maximum absolute atomic E-state index is 13.1. The molecule has 0 aromatic carbocycles. The zero-order valence-electron chi connectivity index (χ0n) is 13.9. The number of aryl methyl sites for hydroxylation is 1. The van der Waals surface area contributed by atoms with Crippen molar-refractivity contribution in [3.05, 3.63) is 36.7 Å². The van der Waals surface area contributed by atoms with Crippen LogP contribution in [-0.2, 0) is 18.4 Å². The van der Waals surface area contributed by atoms with E-state index in [9.17, 15) is 4.79 Å². The molecule has 2 aromatic rings. The molecule has 0 N–H and O–H groups in total. The molecule has 1 spiro atoms. The van der Waals surface area contributed by atoms with Crippen LogP contribution in [-0.4, -0.2) is 50.2 Å². The molecule has 7 nitrogen and oxygen atoms in total. The van der Waals surface area contributed by atoms with Gasteiger partial charge in [0.2, 0.25) is 5.91 Å². The molecule has 1 atom stereocenters. The Bertz CT molecular complexity index is 730. The van der Waals surface area contributed by atoms with Crippen LogP contribution in [0.1, 0.15) is 24.8 Å². The molecule has 2 fully saturated rings. The molecule has 2 saturated heterocycles. The van der Waals surface area contributed by atoms with E-state index in [1.807, 2.05) is 29.0 Å². The van der Waals surface area contributed by atoms with Crippen molar-refractivity contribution in [1.29, 1.82) is 0 Å². The summed E-state index contributed by atoms with van der Waals surface area (Å²) in [6.45, 7) is 3.48. The van der Waals surface area contributed by atoms with Gasteiger partial charge in [0.1, 0.15) is 6.33 Å². The lowest BCUT2D eigenvalue weighted by Crippen LogP contribution is -2.47. The van der Waals surface area contributed by atoms with E-state index in [0.29, 0.717) is 0 Å². The number of carbonyl (C=O) groups excluding carboxylic acids is 1. The summed E-state index contributed by atoms with van der Waals surface area (Å²) >= 11 is 0. The SMILES string of the molecule is Cn1cc(CN2CCC[C@]3(CCN(c4cncnc4)C3=O)C2)cn1. The standard InChI is InChI=1S/C17H22N6O/c1-21-10-14(7-20-21)11-22-5-2-3-17(12-22)4-6-23(16(17)24)15-8-18-13-19-9-15/h7-10,13H,2-6,11-12H2,1H3/t17-/m0/s1. The Morgan fingerprint density at radius 2 is 2.00 bits per heavy atom. The minimum atomic E-state index is -0.254. The van der Waals surface area contributed by atoms with E-state index in [-0.39, 0.29) is 11.3 Å². The lowest BCUT2D eigenvalue weighted by molar-refractivity contribution is -0.128. The van der Waals surface area contributed by atoms with Crippen molar-refractivity contribution < 1.29 is 4.79 Å². The molecule has 4 rings (SSSR count). The molecule has 0 unspecified atom stereocenters. The molecule has 126 valence electrons. The van der Waals surface area contributed by atoms with Crippen LogP contribution in [0.15, 0.2) is 31.1 Å². The van der Waals surface area contributed by atoms with Crippen molar-refractivity contribution in [3.63, 3.8) is 0 Å². The van der Waals surface area contributed by atoms with Crippen molar-refractivity contribution in [3.8, 4) is 0 Å². The minimum absolute atomic E-state index is 0.230. The predicted octanol–water partition coefficient (Wildman–Crippen LogP) is 1.23. The summed E-state index contributed by atoms with van der Waals surface area (Å²) in [4.78, 5) is 25.5. The summed E-state index contributed by atoms with van der Waals surface area (Å²) in [5, 5.41) is 4.24. The van der Waals surface area contributed by atoms with Gasteiger partial charge in [-0.1, -0.05) is 0 Å². The van der Waals surface area contributed by atoms with Crippen LogP contribution in [0.3, 0.4) is 0 Å². The molecular weight excluding hydrogens is 304 g/mol. The maximum Gasteiger partial charge on any atom is 0.234 e. The lowest BCUT2D eigenvalue weighted by Gasteiger charge is -2.38. The summed E-state index contributed by atoms with van der Waals surface area (Å²) in [5.41, 5.74) is 1.76. The molecule has 2 aliphatic rings. The predicted molar refractivity (Wildman–Crippen MR) is 89.2 cm³/mol. The molecule has 24 heavy (non-hydrogen) atoms. The second-order valence-corrected chi connectivity index (χ2v) is 6.92. The fourth-order valence-electron chi connectivity index (χ4n) is 4.05. The molecular formula is C17H22N6O.